The van der Waals surface area contributed by atoms with E-state index in [1.165, 1.54) is 18.9 Å². The van der Waals surface area contributed by atoms with Gasteiger partial charge in [-0.3, -0.25) is 0 Å². The maximum absolute atomic E-state index is 11.5. The number of nitrogens with zero attached hydrogens (tertiary/aromatic N) is 3. The summed E-state index contributed by atoms with van der Waals surface area (Å²) in [6.45, 7) is 0. The number of benzene rings is 2. The number of hydrogen-bond acceptors (Lipinski definition) is 7. The number of carbonyl (C=O) groups is 1. The summed E-state index contributed by atoms with van der Waals surface area (Å²) in [6, 6.07) is 16.6. The first-order valence-electron chi connectivity index (χ1n) is 8.61. The molecule has 8 heteroatoms. The van der Waals surface area contributed by atoms with Gasteiger partial charge in [-0.25, -0.2) is 14.8 Å². The van der Waals surface area contributed by atoms with E-state index in [2.05, 4.69) is 16.0 Å². The van der Waals surface area contributed by atoms with Gasteiger partial charge in [-0.05, 0) is 29.3 Å². The molecule has 0 saturated heterocycles. The van der Waals surface area contributed by atoms with Crippen LogP contribution in [-0.4, -0.2) is 23.0 Å². The first-order chi connectivity index (χ1) is 14.0. The number of rotatable bonds is 6. The third-order valence-electron chi connectivity index (χ3n) is 4.16. The molecule has 2 N–H and O–H groups in total. The molecule has 0 aliphatic rings. The van der Waals surface area contributed by atoms with Gasteiger partial charge in [0.2, 0.25) is 0 Å². The van der Waals surface area contributed by atoms with E-state index in [-0.39, 0.29) is 17.4 Å². The van der Waals surface area contributed by atoms with E-state index < -0.39 is 0 Å². The van der Waals surface area contributed by atoms with Gasteiger partial charge in [0, 0.05) is 17.2 Å². The van der Waals surface area contributed by atoms with Gasteiger partial charge in [0.15, 0.2) is 5.16 Å². The van der Waals surface area contributed by atoms with Crippen LogP contribution in [0.1, 0.15) is 32.7 Å². The predicted molar refractivity (Wildman–Crippen MR) is 113 cm³/mol. The van der Waals surface area contributed by atoms with Gasteiger partial charge in [0.25, 0.3) is 0 Å². The Morgan fingerprint density at radius 2 is 1.93 bits per heavy atom. The van der Waals surface area contributed by atoms with Crippen LogP contribution in [0, 0.1) is 11.3 Å². The van der Waals surface area contributed by atoms with Crippen molar-refractivity contribution < 1.29 is 9.53 Å². The van der Waals surface area contributed by atoms with Gasteiger partial charge in [0.1, 0.15) is 17.5 Å². The second kappa shape index (κ2) is 9.41. The molecule has 0 aliphatic carbocycles. The molecule has 3 aromatic rings. The minimum Gasteiger partial charge on any atom is -0.465 e. The third kappa shape index (κ3) is 5.05. The number of ether oxygens (including phenoxy) is 1. The van der Waals surface area contributed by atoms with E-state index in [1.54, 1.807) is 18.2 Å². The zero-order chi connectivity index (χ0) is 20.8. The number of nitrogens with two attached hydrogens (primary N) is 1. The van der Waals surface area contributed by atoms with Crippen LogP contribution in [0.4, 0.5) is 5.82 Å². The summed E-state index contributed by atoms with van der Waals surface area (Å²) in [7, 11) is 1.35. The maximum Gasteiger partial charge on any atom is 0.337 e. The fourth-order valence-corrected chi connectivity index (χ4v) is 3.67. The summed E-state index contributed by atoms with van der Waals surface area (Å²) in [6.07, 6.45) is 0.386. The van der Waals surface area contributed by atoms with Crippen molar-refractivity contribution in [2.75, 3.05) is 12.8 Å². The van der Waals surface area contributed by atoms with Crippen LogP contribution in [0.25, 0.3) is 0 Å². The molecule has 0 atom stereocenters. The van der Waals surface area contributed by atoms with Crippen molar-refractivity contribution >= 4 is 35.1 Å². The van der Waals surface area contributed by atoms with Gasteiger partial charge in [0.05, 0.1) is 18.4 Å². The Kier molecular flexibility index (Phi) is 6.70. The smallest absolute Gasteiger partial charge is 0.337 e. The Morgan fingerprint density at radius 3 is 2.59 bits per heavy atom. The molecule has 0 radical (unpaired) electrons. The number of nitrogen functional groups attached to an aromatic ring is 1. The summed E-state index contributed by atoms with van der Waals surface area (Å²) in [5.74, 6) is 0.350. The topological polar surface area (TPSA) is 102 Å². The number of esters is 1. The van der Waals surface area contributed by atoms with E-state index in [4.69, 9.17) is 22.1 Å². The van der Waals surface area contributed by atoms with Crippen molar-refractivity contribution in [1.82, 2.24) is 9.97 Å². The lowest BCUT2D eigenvalue weighted by molar-refractivity contribution is 0.0600. The molecule has 146 valence electrons. The van der Waals surface area contributed by atoms with Crippen LogP contribution < -0.4 is 5.73 Å². The summed E-state index contributed by atoms with van der Waals surface area (Å²) in [4.78, 5) is 20.3. The normalized spacial score (nSPS) is 10.4. The Morgan fingerprint density at radius 1 is 1.21 bits per heavy atom. The molecule has 0 spiro atoms. The molecule has 0 bridgehead atoms. The number of methoxy groups -OCH3 is 1. The fraction of sp³-hybridized carbons (Fsp3) is 0.143. The predicted octanol–water partition coefficient (Wildman–Crippen LogP) is 4.25. The Bertz CT molecular complexity index is 1080. The van der Waals surface area contributed by atoms with Gasteiger partial charge in [-0.2, -0.15) is 5.26 Å². The van der Waals surface area contributed by atoms with E-state index in [0.29, 0.717) is 33.6 Å². The lowest BCUT2D eigenvalue weighted by Gasteiger charge is -2.10. The molecule has 1 aromatic heterocycles. The number of nitriles is 1. The van der Waals surface area contributed by atoms with E-state index in [9.17, 15) is 10.1 Å². The molecule has 0 aliphatic heterocycles. The number of halogens is 1. The van der Waals surface area contributed by atoms with Crippen molar-refractivity contribution in [3.8, 4) is 6.07 Å². The molecule has 3 rings (SSSR count). The lowest BCUT2D eigenvalue weighted by atomic mass is 10.1. The van der Waals surface area contributed by atoms with Crippen LogP contribution in [0.2, 0.25) is 5.02 Å². The second-order valence-electron chi connectivity index (χ2n) is 6.07. The fourth-order valence-electron chi connectivity index (χ4n) is 2.64. The molecule has 0 amide bonds. The minimum absolute atomic E-state index is 0.146. The largest absolute Gasteiger partial charge is 0.465 e. The van der Waals surface area contributed by atoms with Crippen molar-refractivity contribution in [3.05, 3.63) is 81.5 Å². The van der Waals surface area contributed by atoms with Crippen molar-refractivity contribution in [2.24, 2.45) is 0 Å². The van der Waals surface area contributed by atoms with Crippen LogP contribution in [0.5, 0.6) is 0 Å². The minimum atomic E-state index is -0.378. The van der Waals surface area contributed by atoms with E-state index in [0.717, 1.165) is 11.1 Å². The average Bonchev–Trinajstić information content (AvgIpc) is 2.73. The highest BCUT2D eigenvalue weighted by molar-refractivity contribution is 7.98. The zero-order valence-electron chi connectivity index (χ0n) is 15.6. The standard InChI is InChI=1S/C21H17ClN4O2S/c1-28-20(27)14-8-6-13(7-9-14)12-29-21-25-18(16(11-23)19(24)26-21)10-15-4-2-3-5-17(15)22/h2-9H,10,12H2,1H3,(H2,24,25,26). The van der Waals surface area contributed by atoms with Crippen LogP contribution in [0.15, 0.2) is 53.7 Å². The molecule has 1 heterocycles. The highest BCUT2D eigenvalue weighted by Gasteiger charge is 2.15. The Hall–Kier alpha value is -3.08. The Labute approximate surface area is 177 Å². The number of anilines is 1. The third-order valence-corrected chi connectivity index (χ3v) is 5.45. The SMILES string of the molecule is COC(=O)c1ccc(CSc2nc(N)c(C#N)c(Cc3ccccc3Cl)n2)cc1. The van der Waals surface area contributed by atoms with Crippen LogP contribution in [0.3, 0.4) is 0 Å². The number of aromatic nitrogens is 2. The van der Waals surface area contributed by atoms with Gasteiger partial charge >= 0.3 is 5.97 Å². The highest BCUT2D eigenvalue weighted by Crippen LogP contribution is 2.26. The molecular formula is C21H17ClN4O2S. The first kappa shape index (κ1) is 20.6. The molecule has 2 aromatic carbocycles. The summed E-state index contributed by atoms with van der Waals surface area (Å²) in [5.41, 5.74) is 9.13. The highest BCUT2D eigenvalue weighted by atomic mass is 35.5. The van der Waals surface area contributed by atoms with Gasteiger partial charge in [-0.1, -0.05) is 53.7 Å². The zero-order valence-corrected chi connectivity index (χ0v) is 17.1. The van der Waals surface area contributed by atoms with Crippen molar-refractivity contribution in [1.29, 1.82) is 5.26 Å². The van der Waals surface area contributed by atoms with Crippen molar-refractivity contribution in [3.63, 3.8) is 0 Å². The summed E-state index contributed by atoms with van der Waals surface area (Å²) >= 11 is 7.64. The molecule has 0 saturated carbocycles. The molecule has 0 unspecified atom stereocenters. The average molecular weight is 425 g/mol. The Balaban J connectivity index is 1.80. The quantitative estimate of drug-likeness (QED) is 0.358. The van der Waals surface area contributed by atoms with Crippen LogP contribution in [-0.2, 0) is 16.9 Å². The van der Waals surface area contributed by atoms with E-state index in [1.807, 2.05) is 30.3 Å². The monoisotopic (exact) mass is 424 g/mol. The number of hydrogen-bond donors (Lipinski definition) is 1. The van der Waals surface area contributed by atoms with E-state index >= 15 is 0 Å². The molecular weight excluding hydrogens is 408 g/mol. The lowest BCUT2D eigenvalue weighted by Crippen LogP contribution is -2.06. The second-order valence-corrected chi connectivity index (χ2v) is 7.42. The number of thioether (sulfide) groups is 1. The summed E-state index contributed by atoms with van der Waals surface area (Å²) in [5, 5.41) is 10.5. The molecule has 0 fully saturated rings. The van der Waals surface area contributed by atoms with Crippen molar-refractivity contribution in [2.45, 2.75) is 17.3 Å². The maximum atomic E-state index is 11.5. The first-order valence-corrected chi connectivity index (χ1v) is 9.98. The molecule has 29 heavy (non-hydrogen) atoms. The summed E-state index contributed by atoms with van der Waals surface area (Å²) < 4.78 is 4.70. The van der Waals surface area contributed by atoms with Gasteiger partial charge in [-0.15, -0.1) is 0 Å². The molecule has 6 nitrogen and oxygen atoms in total. The van der Waals surface area contributed by atoms with Gasteiger partial charge < -0.3 is 10.5 Å². The van der Waals surface area contributed by atoms with Crippen LogP contribution >= 0.6 is 23.4 Å². The number of carbonyl (C=O) groups excluding carboxylic acids is 1.